The Labute approximate surface area is 221 Å². The van der Waals surface area contributed by atoms with Crippen LogP contribution in [-0.2, 0) is 25.6 Å². The highest BCUT2D eigenvalue weighted by Crippen LogP contribution is 2.68. The van der Waals surface area contributed by atoms with Crippen LogP contribution in [0.25, 0.3) is 0 Å². The molecule has 3 aliphatic carbocycles. The van der Waals surface area contributed by atoms with Crippen molar-refractivity contribution in [3.05, 3.63) is 35.9 Å². The molecule has 1 heterocycles. The molecule has 1 N–H and O–H groups in total. The number of carbonyl (C=O) groups excluding carboxylic acids is 2. The molecule has 0 amide bonds. The fraction of sp³-hybridized carbons (Fsp3) is 0.667. The number of carbonyl (C=O) groups is 2. The van der Waals surface area contributed by atoms with E-state index in [9.17, 15) is 14.7 Å². The van der Waals surface area contributed by atoms with Crippen LogP contribution < -0.4 is 10.2 Å². The predicted molar refractivity (Wildman–Crippen MR) is 141 cm³/mol. The van der Waals surface area contributed by atoms with E-state index in [1.54, 1.807) is 7.48 Å². The van der Waals surface area contributed by atoms with Crippen LogP contribution in [0, 0.1) is 40.9 Å². The van der Waals surface area contributed by atoms with Gasteiger partial charge in [0.25, 0.3) is 0 Å². The molecule has 2 bridgehead atoms. The molecule has 4 aliphatic rings. The fourth-order valence-corrected chi connectivity index (χ4v) is 8.21. The maximum atomic E-state index is 13.5. The van der Waals surface area contributed by atoms with E-state index in [2.05, 4.69) is 27.4 Å². The molecule has 0 unspecified atom stereocenters. The number of rotatable bonds is 5. The van der Waals surface area contributed by atoms with Gasteiger partial charge in [-0.3, -0.25) is 4.79 Å². The van der Waals surface area contributed by atoms with Gasteiger partial charge >= 0.3 is 13.5 Å². The van der Waals surface area contributed by atoms with E-state index in [4.69, 9.17) is 14.1 Å². The van der Waals surface area contributed by atoms with E-state index in [0.29, 0.717) is 25.2 Å². The molecule has 1 aromatic carbocycles. The third-order valence-electron chi connectivity index (χ3n) is 10.8. The third kappa shape index (κ3) is 3.99. The number of aliphatic hydroxyl groups is 1. The Hall–Kier alpha value is -2.12. The molecule has 0 spiro atoms. The van der Waals surface area contributed by atoms with Gasteiger partial charge in [-0.1, -0.05) is 39.8 Å². The van der Waals surface area contributed by atoms with E-state index < -0.39 is 29.0 Å². The smallest absolute Gasteiger partial charge is 0.344 e. The van der Waals surface area contributed by atoms with Gasteiger partial charge in [-0.05, 0) is 72.5 Å². The van der Waals surface area contributed by atoms with Crippen LogP contribution in [0.2, 0.25) is 0 Å². The Balaban J connectivity index is 1.45. The normalized spacial score (nSPS) is 40.6. The molecule has 199 valence electrons. The van der Waals surface area contributed by atoms with Crippen molar-refractivity contribution in [2.75, 3.05) is 6.61 Å². The molecular weight excluding hydrogens is 467 g/mol. The van der Waals surface area contributed by atoms with Crippen LogP contribution in [-0.4, -0.2) is 43.2 Å². The van der Waals surface area contributed by atoms with Crippen LogP contribution in [0.1, 0.15) is 70.9 Å². The van der Waals surface area contributed by atoms with Gasteiger partial charge in [0, 0.05) is 23.2 Å². The lowest BCUT2D eigenvalue weighted by Crippen LogP contribution is -2.63. The van der Waals surface area contributed by atoms with E-state index in [-0.39, 0.29) is 35.6 Å². The molecule has 1 aliphatic heterocycles. The van der Waals surface area contributed by atoms with Crippen LogP contribution in [0.15, 0.2) is 24.8 Å². The van der Waals surface area contributed by atoms with Crippen molar-refractivity contribution in [3.63, 3.8) is 0 Å². The Morgan fingerprint density at radius 1 is 1.30 bits per heavy atom. The highest BCUT2D eigenvalue weighted by molar-refractivity contribution is 6.49. The summed E-state index contributed by atoms with van der Waals surface area (Å²) in [5.74, 6) is 0.308. The number of Topliss-reactive ketones (excluding diaryl/α,β-unsaturated/α-hetero) is 1. The summed E-state index contributed by atoms with van der Waals surface area (Å²) < 4.78 is 17.6. The molecule has 7 heteroatoms. The molecule has 1 aromatic rings. The van der Waals surface area contributed by atoms with Crippen LogP contribution in [0.3, 0.4) is 0 Å². The van der Waals surface area contributed by atoms with Gasteiger partial charge < -0.3 is 19.2 Å². The second-order valence-electron chi connectivity index (χ2n) is 12.6. The summed E-state index contributed by atoms with van der Waals surface area (Å²) in [7, 11) is 1.70. The van der Waals surface area contributed by atoms with Crippen molar-refractivity contribution in [2.45, 2.75) is 85.5 Å². The Morgan fingerprint density at radius 2 is 2.05 bits per heavy atom. The van der Waals surface area contributed by atoms with Gasteiger partial charge in [0.1, 0.15) is 17.6 Å². The molecule has 3 fully saturated rings. The lowest BCUT2D eigenvalue weighted by atomic mass is 9.44. The third-order valence-corrected chi connectivity index (χ3v) is 10.8. The summed E-state index contributed by atoms with van der Waals surface area (Å²) in [5, 5.41) is 11.6. The summed E-state index contributed by atoms with van der Waals surface area (Å²) in [6.45, 7) is 14.8. The number of esters is 1. The zero-order valence-corrected chi connectivity index (χ0v) is 22.8. The second kappa shape index (κ2) is 9.27. The summed E-state index contributed by atoms with van der Waals surface area (Å²) in [6.07, 6.45) is 4.17. The average molecular weight is 507 g/mol. The fourth-order valence-electron chi connectivity index (χ4n) is 8.21. The van der Waals surface area contributed by atoms with E-state index in [0.717, 1.165) is 35.9 Å². The minimum absolute atomic E-state index is 0.0534. The molecule has 3 saturated carbocycles. The minimum Gasteiger partial charge on any atom is -0.482 e. The monoisotopic (exact) mass is 507 g/mol. The first-order valence-electron chi connectivity index (χ1n) is 13.7. The lowest BCUT2D eigenvalue weighted by Gasteiger charge is -2.61. The molecule has 5 rings (SSSR count). The summed E-state index contributed by atoms with van der Waals surface area (Å²) in [4.78, 5) is 26.8. The van der Waals surface area contributed by atoms with Gasteiger partial charge in [0.15, 0.2) is 6.61 Å². The second-order valence-corrected chi connectivity index (χ2v) is 12.6. The quantitative estimate of drug-likeness (QED) is 0.368. The van der Waals surface area contributed by atoms with Gasteiger partial charge in [-0.25, -0.2) is 4.79 Å². The molecular formula is C30H40BO6. The number of hydrogen-bond donors (Lipinski definition) is 1. The number of ketones is 1. The van der Waals surface area contributed by atoms with Crippen LogP contribution in [0.5, 0.6) is 5.75 Å². The number of fused-ring (bicyclic) bond motifs is 1. The zero-order valence-electron chi connectivity index (χ0n) is 22.8. The Morgan fingerprint density at radius 3 is 2.78 bits per heavy atom. The largest absolute Gasteiger partial charge is 0.482 e. The van der Waals surface area contributed by atoms with Crippen LogP contribution in [0.4, 0.5) is 0 Å². The predicted octanol–water partition coefficient (Wildman–Crippen LogP) is 4.06. The average Bonchev–Trinajstić information content (AvgIpc) is 3.47. The standard InChI is InChI=1S/C30H40BO6/c1-7-28(5)14-24(37-25(33)16-35-23-13-21-20(12-17(23)2)15-36-31-21)29(6)18(3)8-10-30(19(4)27(28)34)11-9-22(32)26(29)30/h7,12-13,18-19,24,26-27,34H,1,8-11,14-16H2,2-6H3/t18-,19+,24-,26+,27+,28-,29+,30+/m1/s1. The van der Waals surface area contributed by atoms with Crippen molar-refractivity contribution in [2.24, 2.45) is 34.0 Å². The highest BCUT2D eigenvalue weighted by Gasteiger charge is 2.68. The number of benzene rings is 1. The van der Waals surface area contributed by atoms with Crippen LogP contribution >= 0.6 is 0 Å². The Bertz CT molecular complexity index is 1120. The maximum absolute atomic E-state index is 13.5. The molecule has 0 saturated heterocycles. The summed E-state index contributed by atoms with van der Waals surface area (Å²) in [5.41, 5.74) is 1.52. The van der Waals surface area contributed by atoms with Gasteiger partial charge in [-0.2, -0.15) is 0 Å². The Kier molecular flexibility index (Phi) is 6.63. The first-order valence-corrected chi connectivity index (χ1v) is 13.7. The van der Waals surface area contributed by atoms with Crippen molar-refractivity contribution in [1.82, 2.24) is 0 Å². The molecule has 37 heavy (non-hydrogen) atoms. The molecule has 1 radical (unpaired) electrons. The summed E-state index contributed by atoms with van der Waals surface area (Å²) >= 11 is 0. The number of ether oxygens (including phenoxy) is 2. The number of aryl methyl sites for hydroxylation is 1. The van der Waals surface area contributed by atoms with Gasteiger partial charge in [0.05, 0.1) is 12.7 Å². The minimum atomic E-state index is -0.679. The lowest BCUT2D eigenvalue weighted by molar-refractivity contribution is -0.207. The van der Waals surface area contributed by atoms with Crippen molar-refractivity contribution < 1.29 is 28.8 Å². The first kappa shape index (κ1) is 26.5. The molecule has 6 nitrogen and oxygen atoms in total. The van der Waals surface area contributed by atoms with Crippen molar-refractivity contribution in [3.8, 4) is 5.75 Å². The highest BCUT2D eigenvalue weighted by atomic mass is 16.6. The SMILES string of the molecule is C=C[C@]1(C)C[C@@H](OC(=O)COc2cc3c(cc2C)CO[B]3)[C@]2(C)[C@H](C)CC[C@]3(CCC(=O)[C@H]32)[C@@H](C)[C@@H]1O. The first-order chi connectivity index (χ1) is 17.5. The van der Waals surface area contributed by atoms with Crippen molar-refractivity contribution >= 4 is 24.7 Å². The van der Waals surface area contributed by atoms with Crippen molar-refractivity contribution in [1.29, 1.82) is 0 Å². The van der Waals surface area contributed by atoms with E-state index in [1.807, 2.05) is 32.1 Å². The summed E-state index contributed by atoms with van der Waals surface area (Å²) in [6, 6.07) is 3.91. The maximum Gasteiger partial charge on any atom is 0.344 e. The molecule has 8 atom stereocenters. The molecule has 0 aromatic heterocycles. The number of hydrogen-bond acceptors (Lipinski definition) is 6. The van der Waals surface area contributed by atoms with Gasteiger partial charge in [0.2, 0.25) is 0 Å². The van der Waals surface area contributed by atoms with E-state index >= 15 is 0 Å². The number of aliphatic hydroxyl groups excluding tert-OH is 1. The zero-order chi connectivity index (χ0) is 26.8. The van der Waals surface area contributed by atoms with Gasteiger partial charge in [-0.15, -0.1) is 6.58 Å². The van der Waals surface area contributed by atoms with E-state index in [1.165, 1.54) is 0 Å². The topological polar surface area (TPSA) is 82.1 Å².